The Bertz CT molecular complexity index is 697. The van der Waals surface area contributed by atoms with Crippen LogP contribution in [0, 0.1) is 12.7 Å². The van der Waals surface area contributed by atoms with Crippen molar-refractivity contribution in [2.75, 3.05) is 12.4 Å². The van der Waals surface area contributed by atoms with Crippen LogP contribution in [0.5, 0.6) is 5.75 Å². The number of nitrogens with one attached hydrogen (secondary N) is 2. The maximum atomic E-state index is 13.0. The van der Waals surface area contributed by atoms with E-state index in [-0.39, 0.29) is 11.8 Å². The molecule has 5 heteroatoms. The molecule has 2 aromatic rings. The van der Waals surface area contributed by atoms with Crippen molar-refractivity contribution in [3.63, 3.8) is 0 Å². The minimum Gasteiger partial charge on any atom is -0.495 e. The largest absolute Gasteiger partial charge is 0.495 e. The van der Waals surface area contributed by atoms with E-state index in [4.69, 9.17) is 4.74 Å². The summed E-state index contributed by atoms with van der Waals surface area (Å²) >= 11 is 0. The molecule has 0 heterocycles. The number of methoxy groups -OCH3 is 1. The number of hydrogen-bond donors (Lipinski definition) is 2. The molecule has 0 radical (unpaired) electrons. The molecule has 0 aliphatic rings. The van der Waals surface area contributed by atoms with Crippen LogP contribution in [0.1, 0.15) is 25.0 Å². The third-order valence-electron chi connectivity index (χ3n) is 3.60. The SMILES string of the molecule is COc1ccc(C)cc1NC(=O)NC(C)(C)c1ccc(F)cc1. The Morgan fingerprint density at radius 3 is 2.39 bits per heavy atom. The summed E-state index contributed by atoms with van der Waals surface area (Å²) in [5, 5.41) is 5.67. The third-order valence-corrected chi connectivity index (χ3v) is 3.60. The number of ether oxygens (including phenoxy) is 1. The lowest BCUT2D eigenvalue weighted by molar-refractivity contribution is 0.241. The van der Waals surface area contributed by atoms with E-state index in [9.17, 15) is 9.18 Å². The minimum atomic E-state index is -0.644. The van der Waals surface area contributed by atoms with Gasteiger partial charge in [0.1, 0.15) is 11.6 Å². The number of rotatable bonds is 4. The number of carbonyl (C=O) groups is 1. The van der Waals surface area contributed by atoms with E-state index in [0.29, 0.717) is 11.4 Å². The van der Waals surface area contributed by atoms with Gasteiger partial charge >= 0.3 is 6.03 Å². The van der Waals surface area contributed by atoms with Gasteiger partial charge in [-0.05, 0) is 56.2 Å². The second-order valence-electron chi connectivity index (χ2n) is 5.91. The van der Waals surface area contributed by atoms with E-state index in [1.54, 1.807) is 25.3 Å². The summed E-state index contributed by atoms with van der Waals surface area (Å²) in [5.41, 5.74) is 1.78. The summed E-state index contributed by atoms with van der Waals surface area (Å²) in [5.74, 6) is 0.281. The summed E-state index contributed by atoms with van der Waals surface area (Å²) in [4.78, 5) is 12.3. The van der Waals surface area contributed by atoms with Gasteiger partial charge in [0.05, 0.1) is 18.3 Å². The van der Waals surface area contributed by atoms with Crippen molar-refractivity contribution in [3.8, 4) is 5.75 Å². The van der Waals surface area contributed by atoms with E-state index in [1.165, 1.54) is 12.1 Å². The number of carbonyl (C=O) groups excluding carboxylic acids is 1. The van der Waals surface area contributed by atoms with Crippen LogP contribution >= 0.6 is 0 Å². The van der Waals surface area contributed by atoms with Gasteiger partial charge in [-0.25, -0.2) is 9.18 Å². The molecule has 0 aromatic heterocycles. The highest BCUT2D eigenvalue weighted by Crippen LogP contribution is 2.26. The highest BCUT2D eigenvalue weighted by atomic mass is 19.1. The fourth-order valence-electron chi connectivity index (χ4n) is 2.30. The van der Waals surface area contributed by atoms with Gasteiger partial charge in [0.2, 0.25) is 0 Å². The average molecular weight is 316 g/mol. The Balaban J connectivity index is 2.12. The molecule has 0 aliphatic heterocycles. The molecule has 0 aliphatic carbocycles. The Morgan fingerprint density at radius 1 is 1.13 bits per heavy atom. The number of halogens is 1. The van der Waals surface area contributed by atoms with Crippen molar-refractivity contribution in [1.29, 1.82) is 0 Å². The summed E-state index contributed by atoms with van der Waals surface area (Å²) in [7, 11) is 1.55. The van der Waals surface area contributed by atoms with Crippen molar-refractivity contribution in [2.45, 2.75) is 26.3 Å². The fourth-order valence-corrected chi connectivity index (χ4v) is 2.30. The second-order valence-corrected chi connectivity index (χ2v) is 5.91. The van der Waals surface area contributed by atoms with Crippen molar-refractivity contribution in [2.24, 2.45) is 0 Å². The van der Waals surface area contributed by atoms with Gasteiger partial charge < -0.3 is 15.4 Å². The van der Waals surface area contributed by atoms with E-state index >= 15 is 0 Å². The molecule has 2 N–H and O–H groups in total. The zero-order valence-corrected chi connectivity index (χ0v) is 13.7. The van der Waals surface area contributed by atoms with Gasteiger partial charge in [-0.2, -0.15) is 0 Å². The first-order chi connectivity index (χ1) is 10.8. The lowest BCUT2D eigenvalue weighted by Gasteiger charge is -2.27. The molecule has 2 rings (SSSR count). The first-order valence-corrected chi connectivity index (χ1v) is 7.31. The molecule has 0 saturated carbocycles. The molecule has 0 unspecified atom stereocenters. The quantitative estimate of drug-likeness (QED) is 0.888. The highest BCUT2D eigenvalue weighted by molar-refractivity contribution is 5.91. The molecule has 2 aromatic carbocycles. The van der Waals surface area contributed by atoms with Crippen LogP contribution in [0.15, 0.2) is 42.5 Å². The van der Waals surface area contributed by atoms with Gasteiger partial charge in [-0.1, -0.05) is 18.2 Å². The summed E-state index contributed by atoms with van der Waals surface area (Å²) in [6.07, 6.45) is 0. The molecule has 0 bridgehead atoms. The zero-order valence-electron chi connectivity index (χ0n) is 13.7. The number of urea groups is 1. The van der Waals surface area contributed by atoms with Gasteiger partial charge in [0, 0.05) is 0 Å². The Labute approximate surface area is 135 Å². The third kappa shape index (κ3) is 4.22. The number of anilines is 1. The number of hydrogen-bond acceptors (Lipinski definition) is 2. The lowest BCUT2D eigenvalue weighted by Crippen LogP contribution is -2.43. The predicted octanol–water partition coefficient (Wildman–Crippen LogP) is 4.20. The molecular formula is C18H21FN2O2. The van der Waals surface area contributed by atoms with Crippen LogP contribution in [0.3, 0.4) is 0 Å². The van der Waals surface area contributed by atoms with Crippen LogP contribution in [-0.2, 0) is 5.54 Å². The standard InChI is InChI=1S/C18H21FN2O2/c1-12-5-10-16(23-4)15(11-12)20-17(22)21-18(2,3)13-6-8-14(19)9-7-13/h5-11H,1-4H3,(H2,20,21,22). The van der Waals surface area contributed by atoms with Crippen molar-refractivity contribution >= 4 is 11.7 Å². The van der Waals surface area contributed by atoms with E-state index < -0.39 is 5.54 Å². The van der Waals surface area contributed by atoms with Gasteiger partial charge in [0.15, 0.2) is 0 Å². The first kappa shape index (κ1) is 16.8. The monoisotopic (exact) mass is 316 g/mol. The predicted molar refractivity (Wildman–Crippen MR) is 89.3 cm³/mol. The molecule has 122 valence electrons. The van der Waals surface area contributed by atoms with Crippen LogP contribution in [0.25, 0.3) is 0 Å². The zero-order chi connectivity index (χ0) is 17.0. The summed E-state index contributed by atoms with van der Waals surface area (Å²) in [6, 6.07) is 11.2. The van der Waals surface area contributed by atoms with E-state index in [2.05, 4.69) is 10.6 Å². The van der Waals surface area contributed by atoms with Crippen molar-refractivity contribution < 1.29 is 13.9 Å². The molecule has 0 spiro atoms. The van der Waals surface area contributed by atoms with Crippen LogP contribution in [0.2, 0.25) is 0 Å². The Morgan fingerprint density at radius 2 is 1.78 bits per heavy atom. The minimum absolute atomic E-state index is 0.307. The molecule has 23 heavy (non-hydrogen) atoms. The first-order valence-electron chi connectivity index (χ1n) is 7.31. The molecule has 4 nitrogen and oxygen atoms in total. The van der Waals surface area contributed by atoms with Crippen LogP contribution < -0.4 is 15.4 Å². The van der Waals surface area contributed by atoms with Crippen molar-refractivity contribution in [1.82, 2.24) is 5.32 Å². The number of benzene rings is 2. The molecule has 0 saturated heterocycles. The van der Waals surface area contributed by atoms with Gasteiger partial charge in [-0.15, -0.1) is 0 Å². The summed E-state index contributed by atoms with van der Waals surface area (Å²) < 4.78 is 18.3. The maximum absolute atomic E-state index is 13.0. The maximum Gasteiger partial charge on any atom is 0.320 e. The summed E-state index contributed by atoms with van der Waals surface area (Å²) in [6.45, 7) is 5.64. The Hall–Kier alpha value is -2.56. The molecule has 2 amide bonds. The van der Waals surface area contributed by atoms with Gasteiger partial charge in [-0.3, -0.25) is 0 Å². The van der Waals surface area contributed by atoms with E-state index in [0.717, 1.165) is 11.1 Å². The molecule has 0 atom stereocenters. The smallest absolute Gasteiger partial charge is 0.320 e. The second kappa shape index (κ2) is 6.69. The van der Waals surface area contributed by atoms with Crippen molar-refractivity contribution in [3.05, 3.63) is 59.4 Å². The number of amides is 2. The lowest BCUT2D eigenvalue weighted by atomic mass is 9.94. The highest BCUT2D eigenvalue weighted by Gasteiger charge is 2.23. The normalized spacial score (nSPS) is 11.0. The fraction of sp³-hybridized carbons (Fsp3) is 0.278. The van der Waals surface area contributed by atoms with E-state index in [1.807, 2.05) is 32.9 Å². The Kier molecular flexibility index (Phi) is 4.89. The number of aryl methyl sites for hydroxylation is 1. The van der Waals surface area contributed by atoms with Gasteiger partial charge in [0.25, 0.3) is 0 Å². The topological polar surface area (TPSA) is 50.4 Å². The van der Waals surface area contributed by atoms with Crippen LogP contribution in [0.4, 0.5) is 14.9 Å². The average Bonchev–Trinajstić information content (AvgIpc) is 2.47. The molecule has 0 fully saturated rings. The molecular weight excluding hydrogens is 295 g/mol. The van der Waals surface area contributed by atoms with Crippen LogP contribution in [-0.4, -0.2) is 13.1 Å².